The number of hydrogen-bond donors (Lipinski definition) is 0. The predicted octanol–water partition coefficient (Wildman–Crippen LogP) is 5.42. The average Bonchev–Trinajstić information content (AvgIpc) is 2.02. The Morgan fingerprint density at radius 1 is 1.05 bits per heavy atom. The van der Waals surface area contributed by atoms with Crippen molar-refractivity contribution in [3.05, 3.63) is 0 Å². The predicted molar refractivity (Wildman–Crippen MR) is 91.3 cm³/mol. The maximum atomic E-state index is 5.54. The van der Waals surface area contributed by atoms with E-state index in [0.717, 1.165) is 26.2 Å². The fraction of sp³-hybridized carbons (Fsp3) is 1.00. The third-order valence-corrected chi connectivity index (χ3v) is 2.07. The van der Waals surface area contributed by atoms with E-state index in [0.29, 0.717) is 12.7 Å². The van der Waals surface area contributed by atoms with Gasteiger partial charge in [-0.15, -0.1) is 0 Å². The van der Waals surface area contributed by atoms with E-state index in [1.54, 1.807) is 0 Å². The lowest BCUT2D eigenvalue weighted by molar-refractivity contribution is -0.146. The second-order valence-corrected chi connectivity index (χ2v) is 3.53. The van der Waals surface area contributed by atoms with E-state index < -0.39 is 0 Å². The largest absolute Gasteiger partial charge is 0.376 e. The van der Waals surface area contributed by atoms with Crippen LogP contribution in [0.1, 0.15) is 71.2 Å². The summed E-state index contributed by atoms with van der Waals surface area (Å²) >= 11 is 0. The Hall–Kier alpha value is -0.120. The molecule has 1 heterocycles. The van der Waals surface area contributed by atoms with E-state index in [2.05, 4.69) is 13.8 Å². The summed E-state index contributed by atoms with van der Waals surface area (Å²) in [6.07, 6.45) is 2.85. The minimum atomic E-state index is 0. The maximum absolute atomic E-state index is 5.54. The zero-order chi connectivity index (χ0) is 9.52. The maximum Gasteiger partial charge on any atom is 0.104 e. The van der Waals surface area contributed by atoms with E-state index in [4.69, 9.17) is 14.2 Å². The molecule has 0 spiro atoms. The van der Waals surface area contributed by atoms with Gasteiger partial charge in [-0.3, -0.25) is 0 Å². The van der Waals surface area contributed by atoms with Gasteiger partial charge >= 0.3 is 0 Å². The van der Waals surface area contributed by atoms with Crippen LogP contribution in [0.5, 0.6) is 0 Å². The van der Waals surface area contributed by atoms with E-state index >= 15 is 0 Å². The van der Waals surface area contributed by atoms with E-state index in [1.807, 2.05) is 0 Å². The van der Waals surface area contributed by atoms with Crippen LogP contribution in [0.4, 0.5) is 0 Å². The lowest BCUT2D eigenvalue weighted by atomic mass is 10.3. The molecule has 0 saturated carbocycles. The van der Waals surface area contributed by atoms with Gasteiger partial charge < -0.3 is 14.2 Å². The number of ether oxygens (including phenoxy) is 3. The Kier molecular flexibility index (Phi) is 44.1. The minimum Gasteiger partial charge on any atom is -0.376 e. The van der Waals surface area contributed by atoms with E-state index in [1.165, 1.54) is 6.42 Å². The van der Waals surface area contributed by atoms with Gasteiger partial charge in [-0.05, 0) is 13.3 Å². The smallest absolute Gasteiger partial charge is 0.104 e. The lowest BCUT2D eigenvalue weighted by Crippen LogP contribution is -2.38. The number of rotatable bonds is 7. The van der Waals surface area contributed by atoms with Gasteiger partial charge in [0.1, 0.15) is 6.10 Å². The summed E-state index contributed by atoms with van der Waals surface area (Å²) in [5.74, 6) is 0. The highest BCUT2D eigenvalue weighted by atomic mass is 16.6. The fourth-order valence-electron chi connectivity index (χ4n) is 1.06. The second-order valence-electron chi connectivity index (χ2n) is 3.53. The van der Waals surface area contributed by atoms with Gasteiger partial charge in [0.25, 0.3) is 0 Å². The quantitative estimate of drug-likeness (QED) is 0.584. The number of hydrogen-bond acceptors (Lipinski definition) is 3. The molecule has 3 nitrogen and oxygen atoms in total. The molecule has 1 aliphatic heterocycles. The molecule has 1 atom stereocenters. The van der Waals surface area contributed by atoms with Crippen LogP contribution in [-0.4, -0.2) is 38.6 Å². The summed E-state index contributed by atoms with van der Waals surface area (Å²) in [5, 5.41) is 0. The first kappa shape index (κ1) is 36.4. The molecule has 1 saturated heterocycles. The molecule has 1 unspecified atom stereocenters. The van der Waals surface area contributed by atoms with Crippen LogP contribution in [0.15, 0.2) is 0 Å². The first-order chi connectivity index (χ1) is 6.33. The Bertz CT molecular complexity index is 125. The van der Waals surface area contributed by atoms with Crippen molar-refractivity contribution in [3.8, 4) is 0 Å². The topological polar surface area (TPSA) is 27.7 Å². The molecule has 19 heavy (non-hydrogen) atoms. The molecule has 1 fully saturated rings. The molecular formula is C16H44O3. The number of unbranched alkanes of at least 4 members (excludes halogenated alkanes) is 1. The summed E-state index contributed by atoms with van der Waals surface area (Å²) in [7, 11) is 0. The molecule has 0 N–H and O–H groups in total. The first-order valence-electron chi connectivity index (χ1n) is 5.14. The zero-order valence-electron chi connectivity index (χ0n) is 8.62. The van der Waals surface area contributed by atoms with E-state index in [9.17, 15) is 0 Å². The Labute approximate surface area is 125 Å². The van der Waals surface area contributed by atoms with Crippen molar-refractivity contribution in [2.75, 3.05) is 26.4 Å². The molecule has 0 radical (unpaired) electrons. The van der Waals surface area contributed by atoms with Gasteiger partial charge in [0, 0.05) is 6.61 Å². The fourth-order valence-corrected chi connectivity index (χ4v) is 1.06. The van der Waals surface area contributed by atoms with Crippen LogP contribution in [0.2, 0.25) is 0 Å². The van der Waals surface area contributed by atoms with Crippen molar-refractivity contribution in [3.63, 3.8) is 0 Å². The molecule has 0 aromatic rings. The Morgan fingerprint density at radius 2 is 1.58 bits per heavy atom. The monoisotopic (exact) mass is 284 g/mol. The Balaban J connectivity index is -0.0000000704. The third kappa shape index (κ3) is 17.9. The molecule has 0 aliphatic carbocycles. The highest BCUT2D eigenvalue weighted by molar-refractivity contribution is 4.64. The van der Waals surface area contributed by atoms with Crippen molar-refractivity contribution in [2.24, 2.45) is 0 Å². The summed E-state index contributed by atoms with van der Waals surface area (Å²) in [4.78, 5) is 0. The van der Waals surface area contributed by atoms with Gasteiger partial charge in [0.15, 0.2) is 0 Å². The highest BCUT2D eigenvalue weighted by Gasteiger charge is 2.19. The van der Waals surface area contributed by atoms with Crippen LogP contribution >= 0.6 is 0 Å². The third-order valence-electron chi connectivity index (χ3n) is 2.07. The van der Waals surface area contributed by atoms with Gasteiger partial charge in [-0.1, -0.05) is 57.9 Å². The summed E-state index contributed by atoms with van der Waals surface area (Å²) in [6.45, 7) is 7.26. The molecule has 1 aliphatic rings. The van der Waals surface area contributed by atoms with Crippen molar-refractivity contribution in [2.45, 2.75) is 83.5 Å². The van der Waals surface area contributed by atoms with Gasteiger partial charge in [-0.2, -0.15) is 0 Å². The zero-order valence-corrected chi connectivity index (χ0v) is 8.62. The van der Waals surface area contributed by atoms with Crippen LogP contribution in [-0.2, 0) is 14.2 Å². The van der Waals surface area contributed by atoms with Crippen molar-refractivity contribution in [1.82, 2.24) is 0 Å². The van der Waals surface area contributed by atoms with Crippen LogP contribution < -0.4 is 0 Å². The van der Waals surface area contributed by atoms with Gasteiger partial charge in [0.05, 0.1) is 25.9 Å². The normalized spacial score (nSPS) is 13.6. The molecule has 3 heteroatoms. The molecule has 0 amide bonds. The minimum absolute atomic E-state index is 0. The van der Waals surface area contributed by atoms with E-state index in [-0.39, 0.29) is 50.7 Å². The van der Waals surface area contributed by atoms with Crippen molar-refractivity contribution >= 4 is 0 Å². The van der Waals surface area contributed by atoms with Crippen molar-refractivity contribution in [1.29, 1.82) is 0 Å². The summed E-state index contributed by atoms with van der Waals surface area (Å²) < 4.78 is 16.1. The van der Waals surface area contributed by atoms with Gasteiger partial charge in [0.2, 0.25) is 0 Å². The highest BCUT2D eigenvalue weighted by Crippen LogP contribution is 2.06. The summed E-state index contributed by atoms with van der Waals surface area (Å²) in [5.41, 5.74) is 0. The molecule has 126 valence electrons. The molecule has 1 rings (SSSR count). The van der Waals surface area contributed by atoms with Crippen LogP contribution in [0.3, 0.4) is 0 Å². The standard InChI is InChI=1S/C10H20O3.6CH4/c1-3-4-5-12-9(2)6-13-10-7-11-8-10;;;;;;/h9-10H,3-8H2,1-2H3;6*1H4. The first-order valence-corrected chi connectivity index (χ1v) is 5.14. The average molecular weight is 285 g/mol. The van der Waals surface area contributed by atoms with Crippen LogP contribution in [0, 0.1) is 0 Å². The Morgan fingerprint density at radius 3 is 1.95 bits per heavy atom. The second kappa shape index (κ2) is 23.0. The van der Waals surface area contributed by atoms with Gasteiger partial charge in [-0.25, -0.2) is 0 Å². The molecule has 0 aromatic carbocycles. The summed E-state index contributed by atoms with van der Waals surface area (Å²) in [6, 6.07) is 0. The SMILES string of the molecule is C.C.C.C.C.C.CCCCOC(C)COC1COC1. The molecule has 0 bridgehead atoms. The van der Waals surface area contributed by atoms with Crippen LogP contribution in [0.25, 0.3) is 0 Å². The lowest BCUT2D eigenvalue weighted by Gasteiger charge is -2.27. The molecule has 0 aromatic heterocycles. The molecular weight excluding hydrogens is 240 g/mol. The van der Waals surface area contributed by atoms with Crippen molar-refractivity contribution < 1.29 is 14.2 Å².